The third-order valence-electron chi connectivity index (χ3n) is 4.59. The van der Waals surface area contributed by atoms with Crippen molar-refractivity contribution in [1.82, 2.24) is 4.90 Å². The van der Waals surface area contributed by atoms with E-state index in [4.69, 9.17) is 4.74 Å². The Morgan fingerprint density at radius 2 is 2.05 bits per heavy atom. The van der Waals surface area contributed by atoms with E-state index in [1.54, 1.807) is 6.08 Å². The van der Waals surface area contributed by atoms with E-state index in [1.807, 2.05) is 37.4 Å². The summed E-state index contributed by atoms with van der Waals surface area (Å²) in [6.45, 7) is 0. The number of aliphatic hydroxyl groups excluding tert-OH is 1. The number of benzene rings is 1. The molecule has 3 rings (SSSR count). The van der Waals surface area contributed by atoms with Crippen molar-refractivity contribution in [2.24, 2.45) is 0 Å². The molecule has 1 N–H and O–H groups in total. The highest BCUT2D eigenvalue weighted by atomic mass is 16.5. The third kappa shape index (κ3) is 3.17. The van der Waals surface area contributed by atoms with E-state index in [-0.39, 0.29) is 24.2 Å². The van der Waals surface area contributed by atoms with Crippen LogP contribution in [0.2, 0.25) is 0 Å². The average molecular weight is 287 g/mol. The molecule has 1 aromatic rings. The van der Waals surface area contributed by atoms with Crippen LogP contribution in [0.4, 0.5) is 0 Å². The minimum atomic E-state index is -0.303. The van der Waals surface area contributed by atoms with Gasteiger partial charge in [0.2, 0.25) is 0 Å². The van der Waals surface area contributed by atoms with Crippen LogP contribution in [0.1, 0.15) is 24.8 Å². The summed E-state index contributed by atoms with van der Waals surface area (Å²) < 4.78 is 5.53. The minimum Gasteiger partial charge on any atom is -0.459 e. The van der Waals surface area contributed by atoms with Gasteiger partial charge < -0.3 is 9.84 Å². The second-order valence-corrected chi connectivity index (χ2v) is 5.96. The fraction of sp³-hybridized carbons (Fsp3) is 0.471. The van der Waals surface area contributed by atoms with Crippen LogP contribution in [-0.4, -0.2) is 47.3 Å². The third-order valence-corrected chi connectivity index (χ3v) is 4.59. The lowest BCUT2D eigenvalue weighted by Gasteiger charge is -2.35. The first-order valence-electron chi connectivity index (χ1n) is 7.47. The van der Waals surface area contributed by atoms with E-state index in [2.05, 4.69) is 4.90 Å². The number of likely N-dealkylation sites (N-methyl/N-ethyl adjacent to an activating group) is 1. The maximum Gasteiger partial charge on any atom is 0.331 e. The number of carbonyl (C=O) groups excluding carboxylic acids is 1. The number of aliphatic hydroxyl groups is 1. The van der Waals surface area contributed by atoms with Gasteiger partial charge >= 0.3 is 5.97 Å². The number of nitrogens with zero attached hydrogens (tertiary/aromatic N) is 1. The van der Waals surface area contributed by atoms with Crippen LogP contribution in [0.5, 0.6) is 0 Å². The van der Waals surface area contributed by atoms with Crippen LogP contribution >= 0.6 is 0 Å². The van der Waals surface area contributed by atoms with Crippen molar-refractivity contribution in [1.29, 1.82) is 0 Å². The van der Waals surface area contributed by atoms with Crippen molar-refractivity contribution in [2.45, 2.75) is 43.6 Å². The van der Waals surface area contributed by atoms with Gasteiger partial charge in [-0.2, -0.15) is 0 Å². The van der Waals surface area contributed by atoms with E-state index in [9.17, 15) is 9.90 Å². The first kappa shape index (κ1) is 14.3. The molecule has 0 spiro atoms. The summed E-state index contributed by atoms with van der Waals surface area (Å²) in [6.07, 6.45) is 5.19. The Labute approximate surface area is 125 Å². The molecule has 4 nitrogen and oxygen atoms in total. The predicted molar refractivity (Wildman–Crippen MR) is 80.6 cm³/mol. The number of carbonyl (C=O) groups is 1. The van der Waals surface area contributed by atoms with Gasteiger partial charge in [-0.3, -0.25) is 4.90 Å². The molecule has 2 bridgehead atoms. The summed E-state index contributed by atoms with van der Waals surface area (Å²) in [4.78, 5) is 14.1. The molecule has 0 unspecified atom stereocenters. The summed E-state index contributed by atoms with van der Waals surface area (Å²) in [5, 5.41) is 9.98. The zero-order chi connectivity index (χ0) is 14.8. The smallest absolute Gasteiger partial charge is 0.331 e. The number of hydrogen-bond acceptors (Lipinski definition) is 4. The molecular formula is C17H21NO3. The Morgan fingerprint density at radius 3 is 2.76 bits per heavy atom. The zero-order valence-corrected chi connectivity index (χ0v) is 12.2. The van der Waals surface area contributed by atoms with Crippen LogP contribution in [-0.2, 0) is 9.53 Å². The molecule has 0 saturated carbocycles. The first-order valence-corrected chi connectivity index (χ1v) is 7.47. The summed E-state index contributed by atoms with van der Waals surface area (Å²) >= 11 is 0. The van der Waals surface area contributed by atoms with Crippen molar-refractivity contribution >= 4 is 12.0 Å². The minimum absolute atomic E-state index is 0.0822. The molecule has 0 aromatic heterocycles. The van der Waals surface area contributed by atoms with Gasteiger partial charge in [0, 0.05) is 31.0 Å². The predicted octanol–water partition coefficient (Wildman–Crippen LogP) is 1.84. The van der Waals surface area contributed by atoms with Crippen LogP contribution in [0.25, 0.3) is 6.08 Å². The van der Waals surface area contributed by atoms with Gasteiger partial charge in [0.1, 0.15) is 6.10 Å². The number of ether oxygens (including phenoxy) is 1. The molecule has 112 valence electrons. The molecule has 2 aliphatic rings. The normalized spacial score (nSPS) is 32.5. The Hall–Kier alpha value is -1.65. The van der Waals surface area contributed by atoms with E-state index in [0.717, 1.165) is 24.8 Å². The second-order valence-electron chi connectivity index (χ2n) is 5.96. The van der Waals surface area contributed by atoms with Crippen molar-refractivity contribution in [3.05, 3.63) is 42.0 Å². The molecule has 0 radical (unpaired) electrons. The van der Waals surface area contributed by atoms with Gasteiger partial charge in [-0.1, -0.05) is 30.3 Å². The molecule has 2 heterocycles. The number of fused-ring (bicyclic) bond motifs is 2. The zero-order valence-electron chi connectivity index (χ0n) is 12.2. The first-order chi connectivity index (χ1) is 10.1. The second kappa shape index (κ2) is 6.00. The molecular weight excluding hydrogens is 266 g/mol. The van der Waals surface area contributed by atoms with Crippen LogP contribution in [0.15, 0.2) is 36.4 Å². The molecule has 4 atom stereocenters. The molecule has 21 heavy (non-hydrogen) atoms. The Balaban J connectivity index is 1.56. The van der Waals surface area contributed by atoms with Gasteiger partial charge in [0.05, 0.1) is 6.10 Å². The van der Waals surface area contributed by atoms with Gasteiger partial charge in [-0.05, 0) is 25.1 Å². The number of piperidine rings is 1. The van der Waals surface area contributed by atoms with Crippen molar-refractivity contribution < 1.29 is 14.6 Å². The molecule has 4 heteroatoms. The summed E-state index contributed by atoms with van der Waals surface area (Å²) in [5.74, 6) is -0.303. The standard InChI is InChI=1S/C17H21NO3/c1-18-13-9-14(11-15(18)16(19)10-13)21-17(20)8-7-12-5-3-2-4-6-12/h2-8,13-16,19H,9-11H2,1H3/t13-,14-,15+,16-/m1/s1. The van der Waals surface area contributed by atoms with Crippen LogP contribution < -0.4 is 0 Å². The SMILES string of the molecule is CN1[C@@H]2C[C@@H](OC(=O)C=Cc3ccccc3)C[C@H]1[C@H](O)C2. The summed E-state index contributed by atoms with van der Waals surface area (Å²) in [6, 6.07) is 10.1. The largest absolute Gasteiger partial charge is 0.459 e. The van der Waals surface area contributed by atoms with Gasteiger partial charge in [0.25, 0.3) is 0 Å². The fourth-order valence-electron chi connectivity index (χ4n) is 3.43. The van der Waals surface area contributed by atoms with E-state index in [1.165, 1.54) is 6.08 Å². The number of rotatable bonds is 3. The van der Waals surface area contributed by atoms with Crippen LogP contribution in [0, 0.1) is 0 Å². The van der Waals surface area contributed by atoms with E-state index >= 15 is 0 Å². The van der Waals surface area contributed by atoms with Gasteiger partial charge in [0.15, 0.2) is 0 Å². The Kier molecular flexibility index (Phi) is 4.08. The molecule has 1 aromatic carbocycles. The topological polar surface area (TPSA) is 49.8 Å². The summed E-state index contributed by atoms with van der Waals surface area (Å²) in [5.41, 5.74) is 0.980. The Morgan fingerprint density at radius 1 is 1.29 bits per heavy atom. The lowest BCUT2D eigenvalue weighted by atomic mass is 10.0. The average Bonchev–Trinajstić information content (AvgIpc) is 2.65. The van der Waals surface area contributed by atoms with Crippen LogP contribution in [0.3, 0.4) is 0 Å². The number of esters is 1. The van der Waals surface area contributed by atoms with Gasteiger partial charge in [-0.25, -0.2) is 4.79 Å². The highest BCUT2D eigenvalue weighted by Crippen LogP contribution is 2.35. The highest BCUT2D eigenvalue weighted by Gasteiger charge is 2.45. The number of hydrogen-bond donors (Lipinski definition) is 1. The fourth-order valence-corrected chi connectivity index (χ4v) is 3.43. The van der Waals surface area contributed by atoms with Crippen molar-refractivity contribution in [3.8, 4) is 0 Å². The molecule has 0 aliphatic carbocycles. The van der Waals surface area contributed by atoms with Crippen molar-refractivity contribution in [3.63, 3.8) is 0 Å². The molecule has 2 fully saturated rings. The lowest BCUT2D eigenvalue weighted by Crippen LogP contribution is -2.45. The summed E-state index contributed by atoms with van der Waals surface area (Å²) in [7, 11) is 2.04. The molecule has 0 amide bonds. The molecule has 2 saturated heterocycles. The quantitative estimate of drug-likeness (QED) is 0.681. The highest BCUT2D eigenvalue weighted by molar-refractivity contribution is 5.87. The van der Waals surface area contributed by atoms with Gasteiger partial charge in [-0.15, -0.1) is 0 Å². The maximum absolute atomic E-state index is 11.9. The van der Waals surface area contributed by atoms with E-state index in [0.29, 0.717) is 6.04 Å². The van der Waals surface area contributed by atoms with E-state index < -0.39 is 0 Å². The lowest BCUT2D eigenvalue weighted by molar-refractivity contribution is -0.146. The van der Waals surface area contributed by atoms with Crippen molar-refractivity contribution in [2.75, 3.05) is 7.05 Å². The molecule has 2 aliphatic heterocycles. The Bertz CT molecular complexity index is 528. The maximum atomic E-state index is 11.9. The monoisotopic (exact) mass is 287 g/mol.